The largest absolute Gasteiger partial charge is 0.301 e. The summed E-state index contributed by atoms with van der Waals surface area (Å²) in [6.45, 7) is 5.76. The molecule has 126 valence electrons. The van der Waals surface area contributed by atoms with Crippen LogP contribution >= 0.6 is 23.1 Å². The van der Waals surface area contributed by atoms with Gasteiger partial charge in [-0.15, -0.1) is 15.3 Å². The number of amides is 1. The van der Waals surface area contributed by atoms with Crippen molar-refractivity contribution in [3.05, 3.63) is 22.0 Å². The standard InChI is InChI=1S/C14H17N7OS2/c1-7-10(5-6-11(22)16-13-19-18-9(3)24-13)8(2)21-12(15-7)17-14(20-21)23-4/h5-6H2,1-4H3,(H,16,19,22). The third-order valence-corrected chi connectivity index (χ3v) is 4.88. The molecule has 3 heterocycles. The number of rotatable bonds is 5. The highest BCUT2D eigenvalue weighted by Gasteiger charge is 2.15. The van der Waals surface area contributed by atoms with Gasteiger partial charge in [-0.1, -0.05) is 23.1 Å². The van der Waals surface area contributed by atoms with Gasteiger partial charge < -0.3 is 5.32 Å². The molecule has 3 aromatic heterocycles. The zero-order chi connectivity index (χ0) is 17.3. The normalized spacial score (nSPS) is 11.2. The Hall–Kier alpha value is -2.07. The Kier molecular flexibility index (Phi) is 4.76. The first-order chi connectivity index (χ1) is 11.5. The molecular formula is C14H17N7OS2. The molecule has 0 atom stereocenters. The number of nitrogens with zero attached hydrogens (tertiary/aromatic N) is 6. The number of fused-ring (bicyclic) bond motifs is 1. The summed E-state index contributed by atoms with van der Waals surface area (Å²) in [7, 11) is 0. The van der Waals surface area contributed by atoms with Gasteiger partial charge in [-0.25, -0.2) is 9.50 Å². The van der Waals surface area contributed by atoms with Crippen LogP contribution in [0.3, 0.4) is 0 Å². The Balaban J connectivity index is 1.75. The first-order valence-corrected chi connectivity index (χ1v) is 9.39. The first-order valence-electron chi connectivity index (χ1n) is 7.34. The van der Waals surface area contributed by atoms with Gasteiger partial charge >= 0.3 is 0 Å². The lowest BCUT2D eigenvalue weighted by Crippen LogP contribution is -2.14. The molecule has 1 amide bonds. The molecule has 0 radical (unpaired) electrons. The zero-order valence-electron chi connectivity index (χ0n) is 13.8. The summed E-state index contributed by atoms with van der Waals surface area (Å²) in [5.41, 5.74) is 2.85. The summed E-state index contributed by atoms with van der Waals surface area (Å²) >= 11 is 2.84. The van der Waals surface area contributed by atoms with E-state index in [9.17, 15) is 4.79 Å². The van der Waals surface area contributed by atoms with E-state index >= 15 is 0 Å². The predicted octanol–water partition coefficient (Wildman–Crippen LogP) is 2.19. The Labute approximate surface area is 147 Å². The van der Waals surface area contributed by atoms with E-state index in [1.54, 1.807) is 4.52 Å². The fraction of sp³-hybridized carbons (Fsp3) is 0.429. The number of aromatic nitrogens is 6. The van der Waals surface area contributed by atoms with Crippen molar-refractivity contribution >= 4 is 39.9 Å². The number of carbonyl (C=O) groups excluding carboxylic acids is 1. The molecule has 1 N–H and O–H groups in total. The molecule has 0 aliphatic carbocycles. The Morgan fingerprint density at radius 2 is 2.04 bits per heavy atom. The maximum absolute atomic E-state index is 12.1. The fourth-order valence-corrected chi connectivity index (χ4v) is 3.35. The van der Waals surface area contributed by atoms with Crippen LogP contribution < -0.4 is 5.32 Å². The van der Waals surface area contributed by atoms with Crippen molar-refractivity contribution < 1.29 is 4.79 Å². The first kappa shape index (κ1) is 16.8. The highest BCUT2D eigenvalue weighted by atomic mass is 32.2. The zero-order valence-corrected chi connectivity index (χ0v) is 15.5. The lowest BCUT2D eigenvalue weighted by atomic mass is 10.1. The van der Waals surface area contributed by atoms with Gasteiger partial charge in [0.1, 0.15) is 5.01 Å². The maximum atomic E-state index is 12.1. The van der Waals surface area contributed by atoms with Crippen molar-refractivity contribution in [3.63, 3.8) is 0 Å². The number of aryl methyl sites for hydroxylation is 3. The lowest BCUT2D eigenvalue weighted by Gasteiger charge is -2.09. The van der Waals surface area contributed by atoms with E-state index in [1.165, 1.54) is 23.1 Å². The van der Waals surface area contributed by atoms with E-state index in [1.807, 2.05) is 27.0 Å². The minimum atomic E-state index is -0.0894. The van der Waals surface area contributed by atoms with Gasteiger partial charge in [0.25, 0.3) is 5.78 Å². The molecule has 0 aliphatic rings. The number of hydrogen-bond donors (Lipinski definition) is 1. The molecule has 0 spiro atoms. The minimum Gasteiger partial charge on any atom is -0.301 e. The van der Waals surface area contributed by atoms with Gasteiger partial charge in [-0.05, 0) is 39.0 Å². The summed E-state index contributed by atoms with van der Waals surface area (Å²) in [4.78, 5) is 21.0. The molecule has 0 saturated heterocycles. The molecule has 0 aliphatic heterocycles. The van der Waals surface area contributed by atoms with Gasteiger partial charge in [-0.2, -0.15) is 4.98 Å². The molecule has 8 nitrogen and oxygen atoms in total. The molecule has 3 rings (SSSR count). The molecule has 0 fully saturated rings. The van der Waals surface area contributed by atoms with Crippen LogP contribution in [0.15, 0.2) is 5.16 Å². The third-order valence-electron chi connectivity index (χ3n) is 3.59. The molecule has 24 heavy (non-hydrogen) atoms. The van der Waals surface area contributed by atoms with E-state index in [-0.39, 0.29) is 5.91 Å². The number of carbonyl (C=O) groups is 1. The Morgan fingerprint density at radius 3 is 2.71 bits per heavy atom. The Morgan fingerprint density at radius 1 is 1.25 bits per heavy atom. The maximum Gasteiger partial charge on any atom is 0.253 e. The van der Waals surface area contributed by atoms with Gasteiger partial charge in [0.15, 0.2) is 0 Å². The van der Waals surface area contributed by atoms with Crippen molar-refractivity contribution in [2.24, 2.45) is 0 Å². The smallest absolute Gasteiger partial charge is 0.253 e. The molecule has 0 saturated carbocycles. The molecular weight excluding hydrogens is 346 g/mol. The molecule has 0 aromatic carbocycles. The summed E-state index contributed by atoms with van der Waals surface area (Å²) in [6.07, 6.45) is 2.85. The van der Waals surface area contributed by atoms with Crippen molar-refractivity contribution in [1.82, 2.24) is 29.8 Å². The summed E-state index contributed by atoms with van der Waals surface area (Å²) in [5, 5.41) is 17.0. The van der Waals surface area contributed by atoms with Crippen LogP contribution in [0.1, 0.15) is 28.4 Å². The Bertz CT molecular complexity index is 902. The molecule has 10 heteroatoms. The minimum absolute atomic E-state index is 0.0894. The van der Waals surface area contributed by atoms with Crippen molar-refractivity contribution in [3.8, 4) is 0 Å². The SMILES string of the molecule is CSc1nc2nc(C)c(CCC(=O)Nc3nnc(C)s3)c(C)n2n1. The van der Waals surface area contributed by atoms with E-state index in [4.69, 9.17) is 0 Å². The number of hydrogen-bond acceptors (Lipinski definition) is 8. The summed E-state index contributed by atoms with van der Waals surface area (Å²) in [5.74, 6) is 0.500. The van der Waals surface area contributed by atoms with Gasteiger partial charge in [0.2, 0.25) is 16.2 Å². The second kappa shape index (κ2) is 6.81. The quantitative estimate of drug-likeness (QED) is 0.694. The van der Waals surface area contributed by atoms with Crippen LogP contribution in [0.5, 0.6) is 0 Å². The topological polar surface area (TPSA) is 98.0 Å². The van der Waals surface area contributed by atoms with Gasteiger partial charge in [0.05, 0.1) is 0 Å². The number of anilines is 1. The molecule has 3 aromatic rings. The van der Waals surface area contributed by atoms with Crippen molar-refractivity contribution in [2.45, 2.75) is 38.8 Å². The van der Waals surface area contributed by atoms with E-state index < -0.39 is 0 Å². The van der Waals surface area contributed by atoms with Gasteiger partial charge in [-0.3, -0.25) is 4.79 Å². The third kappa shape index (κ3) is 3.39. The number of nitrogens with one attached hydrogen (secondary N) is 1. The average Bonchev–Trinajstić information content (AvgIpc) is 3.13. The predicted molar refractivity (Wildman–Crippen MR) is 93.6 cm³/mol. The van der Waals surface area contributed by atoms with Gasteiger partial charge in [0, 0.05) is 17.8 Å². The molecule has 0 bridgehead atoms. The van der Waals surface area contributed by atoms with E-state index in [0.717, 1.165) is 22.0 Å². The summed E-state index contributed by atoms with van der Waals surface area (Å²) in [6, 6.07) is 0. The van der Waals surface area contributed by atoms with Crippen molar-refractivity contribution in [1.29, 1.82) is 0 Å². The lowest BCUT2D eigenvalue weighted by molar-refractivity contribution is -0.116. The second-order valence-electron chi connectivity index (χ2n) is 5.25. The van der Waals surface area contributed by atoms with Crippen LogP contribution in [-0.2, 0) is 11.2 Å². The number of thioether (sulfide) groups is 1. The second-order valence-corrected chi connectivity index (χ2v) is 7.20. The van der Waals surface area contributed by atoms with Crippen LogP contribution in [-0.4, -0.2) is 41.9 Å². The monoisotopic (exact) mass is 363 g/mol. The van der Waals surface area contributed by atoms with E-state index in [2.05, 4.69) is 30.6 Å². The highest BCUT2D eigenvalue weighted by Crippen LogP contribution is 2.19. The van der Waals surface area contributed by atoms with Crippen molar-refractivity contribution in [2.75, 3.05) is 11.6 Å². The van der Waals surface area contributed by atoms with Crippen LogP contribution in [0.2, 0.25) is 0 Å². The van der Waals surface area contributed by atoms with Crippen LogP contribution in [0.4, 0.5) is 5.13 Å². The highest BCUT2D eigenvalue weighted by molar-refractivity contribution is 7.98. The summed E-state index contributed by atoms with van der Waals surface area (Å²) < 4.78 is 1.74. The van der Waals surface area contributed by atoms with Crippen LogP contribution in [0, 0.1) is 20.8 Å². The fourth-order valence-electron chi connectivity index (χ4n) is 2.41. The van der Waals surface area contributed by atoms with E-state index in [0.29, 0.717) is 28.9 Å². The average molecular weight is 363 g/mol. The van der Waals surface area contributed by atoms with Crippen LogP contribution in [0.25, 0.3) is 5.78 Å². The molecule has 0 unspecified atom stereocenters.